The molecule has 0 aliphatic carbocycles. The van der Waals surface area contributed by atoms with Crippen molar-refractivity contribution in [2.75, 3.05) is 27.3 Å². The van der Waals surface area contributed by atoms with E-state index >= 15 is 0 Å². The Morgan fingerprint density at radius 3 is 2.57 bits per heavy atom. The first-order chi connectivity index (χ1) is 14.6. The van der Waals surface area contributed by atoms with Crippen LogP contribution in [0.3, 0.4) is 0 Å². The van der Waals surface area contributed by atoms with Crippen LogP contribution < -0.4 is 9.47 Å². The maximum absolute atomic E-state index is 11.4. The first-order valence-electron chi connectivity index (χ1n) is 10.1. The fourth-order valence-electron chi connectivity index (χ4n) is 4.27. The van der Waals surface area contributed by atoms with E-state index in [1.54, 1.807) is 14.2 Å². The molecular formula is C24H26N2O4. The molecule has 0 amide bonds. The molecule has 1 aromatic heterocycles. The van der Waals surface area contributed by atoms with E-state index in [1.807, 2.05) is 42.6 Å². The van der Waals surface area contributed by atoms with Crippen LogP contribution in [0.5, 0.6) is 11.5 Å². The van der Waals surface area contributed by atoms with Crippen LogP contribution in [0.4, 0.5) is 0 Å². The quantitative estimate of drug-likeness (QED) is 0.663. The third kappa shape index (κ3) is 3.96. The Balaban J connectivity index is 1.78. The Hall–Kier alpha value is -3.12. The summed E-state index contributed by atoms with van der Waals surface area (Å²) in [5.74, 6) is 0.485. The van der Waals surface area contributed by atoms with Crippen molar-refractivity contribution >= 4 is 16.9 Å². The van der Waals surface area contributed by atoms with Gasteiger partial charge in [-0.1, -0.05) is 18.2 Å². The predicted molar refractivity (Wildman–Crippen MR) is 115 cm³/mol. The zero-order chi connectivity index (χ0) is 21.1. The van der Waals surface area contributed by atoms with Gasteiger partial charge < -0.3 is 14.6 Å². The number of likely N-dealkylation sites (tertiary alicyclic amines) is 1. The number of carbonyl (C=O) groups is 1. The number of aromatic nitrogens is 1. The number of nitrogens with zero attached hydrogens (tertiary/aromatic N) is 2. The minimum Gasteiger partial charge on any atom is -0.497 e. The highest BCUT2D eigenvalue weighted by Crippen LogP contribution is 2.39. The van der Waals surface area contributed by atoms with E-state index in [2.05, 4.69) is 22.0 Å². The average molecular weight is 406 g/mol. The lowest BCUT2D eigenvalue weighted by molar-refractivity contribution is -0.143. The van der Waals surface area contributed by atoms with Gasteiger partial charge >= 0.3 is 5.97 Å². The van der Waals surface area contributed by atoms with Crippen molar-refractivity contribution in [3.63, 3.8) is 0 Å². The van der Waals surface area contributed by atoms with Gasteiger partial charge in [-0.25, -0.2) is 0 Å². The molecule has 3 aromatic rings. The summed E-state index contributed by atoms with van der Waals surface area (Å²) in [5.41, 5.74) is 3.03. The standard InChI is InChI=1S/C24H26N2O4/c1-29-19-7-8-20(22(14-19)30-2)23(26-11-9-16(10-12-26)24(27)28)18-13-17-5-3-4-6-21(17)25-15-18/h3-8,13-16,23H,9-12H2,1-2H3,(H,27,28). The second kappa shape index (κ2) is 8.71. The summed E-state index contributed by atoms with van der Waals surface area (Å²) in [6.07, 6.45) is 3.18. The number of carboxylic acids is 1. The van der Waals surface area contributed by atoms with Crippen molar-refractivity contribution in [3.05, 3.63) is 65.9 Å². The van der Waals surface area contributed by atoms with Crippen LogP contribution in [0.25, 0.3) is 10.9 Å². The highest BCUT2D eigenvalue weighted by molar-refractivity contribution is 5.79. The summed E-state index contributed by atoms with van der Waals surface area (Å²) in [5, 5.41) is 10.5. The van der Waals surface area contributed by atoms with E-state index in [9.17, 15) is 9.90 Å². The number of pyridine rings is 1. The Kier molecular flexibility index (Phi) is 5.86. The van der Waals surface area contributed by atoms with Gasteiger partial charge in [0.1, 0.15) is 11.5 Å². The smallest absolute Gasteiger partial charge is 0.306 e. The molecule has 6 nitrogen and oxygen atoms in total. The SMILES string of the molecule is COc1ccc(C(c2cnc3ccccc3c2)N2CCC(C(=O)O)CC2)c(OC)c1. The molecule has 156 valence electrons. The third-order valence-electron chi connectivity index (χ3n) is 5.91. The molecule has 2 heterocycles. The Bertz CT molecular complexity index is 1040. The molecule has 1 atom stereocenters. The van der Waals surface area contributed by atoms with Crippen molar-refractivity contribution in [1.82, 2.24) is 9.88 Å². The molecule has 6 heteroatoms. The van der Waals surface area contributed by atoms with E-state index in [0.29, 0.717) is 25.9 Å². The molecule has 0 saturated carbocycles. The minimum atomic E-state index is -0.708. The van der Waals surface area contributed by atoms with Gasteiger partial charge in [-0.3, -0.25) is 14.7 Å². The first-order valence-corrected chi connectivity index (χ1v) is 10.1. The number of hydrogen-bond donors (Lipinski definition) is 1. The summed E-state index contributed by atoms with van der Waals surface area (Å²) >= 11 is 0. The lowest BCUT2D eigenvalue weighted by Crippen LogP contribution is -2.39. The largest absolute Gasteiger partial charge is 0.497 e. The Labute approximate surface area is 176 Å². The number of methoxy groups -OCH3 is 2. The van der Waals surface area contributed by atoms with Gasteiger partial charge in [0.2, 0.25) is 0 Å². The van der Waals surface area contributed by atoms with E-state index in [4.69, 9.17) is 9.47 Å². The molecule has 1 fully saturated rings. The normalized spacial score (nSPS) is 16.3. The van der Waals surface area contributed by atoms with E-state index < -0.39 is 5.97 Å². The number of piperidine rings is 1. The van der Waals surface area contributed by atoms with Crippen molar-refractivity contribution < 1.29 is 19.4 Å². The zero-order valence-corrected chi connectivity index (χ0v) is 17.2. The van der Waals surface area contributed by atoms with Crippen LogP contribution in [-0.4, -0.2) is 48.3 Å². The number of benzene rings is 2. The van der Waals surface area contributed by atoms with Crippen LogP contribution in [-0.2, 0) is 4.79 Å². The summed E-state index contributed by atoms with van der Waals surface area (Å²) in [7, 11) is 3.29. The van der Waals surface area contributed by atoms with Crippen LogP contribution in [0.1, 0.15) is 30.0 Å². The second-order valence-electron chi connectivity index (χ2n) is 7.62. The topological polar surface area (TPSA) is 71.9 Å². The molecule has 4 rings (SSSR count). The molecule has 1 unspecified atom stereocenters. The summed E-state index contributed by atoms with van der Waals surface area (Å²) in [4.78, 5) is 18.4. The predicted octanol–water partition coefficient (Wildman–Crippen LogP) is 4.14. The lowest BCUT2D eigenvalue weighted by Gasteiger charge is -2.37. The lowest BCUT2D eigenvalue weighted by atomic mass is 9.91. The first kappa shape index (κ1) is 20.2. The van der Waals surface area contributed by atoms with E-state index in [0.717, 1.165) is 33.5 Å². The molecule has 1 saturated heterocycles. The van der Waals surface area contributed by atoms with Crippen LogP contribution in [0.2, 0.25) is 0 Å². The minimum absolute atomic E-state index is 0.0855. The summed E-state index contributed by atoms with van der Waals surface area (Å²) < 4.78 is 11.1. The Morgan fingerprint density at radius 1 is 1.10 bits per heavy atom. The fraction of sp³-hybridized carbons (Fsp3) is 0.333. The average Bonchev–Trinajstić information content (AvgIpc) is 2.79. The molecular weight excluding hydrogens is 380 g/mol. The van der Waals surface area contributed by atoms with E-state index in [1.165, 1.54) is 0 Å². The van der Waals surface area contributed by atoms with Crippen LogP contribution in [0.15, 0.2) is 54.7 Å². The highest BCUT2D eigenvalue weighted by atomic mass is 16.5. The summed E-state index contributed by atoms with van der Waals surface area (Å²) in [6, 6.07) is 16.0. The van der Waals surface area contributed by atoms with Gasteiger partial charge in [-0.2, -0.15) is 0 Å². The maximum Gasteiger partial charge on any atom is 0.306 e. The Morgan fingerprint density at radius 2 is 1.87 bits per heavy atom. The maximum atomic E-state index is 11.4. The highest BCUT2D eigenvalue weighted by Gasteiger charge is 2.32. The van der Waals surface area contributed by atoms with Crippen molar-refractivity contribution in [3.8, 4) is 11.5 Å². The van der Waals surface area contributed by atoms with Crippen LogP contribution >= 0.6 is 0 Å². The van der Waals surface area contributed by atoms with Crippen LogP contribution in [0, 0.1) is 5.92 Å². The molecule has 1 aliphatic rings. The molecule has 0 radical (unpaired) electrons. The zero-order valence-electron chi connectivity index (χ0n) is 17.2. The monoisotopic (exact) mass is 406 g/mol. The van der Waals surface area contributed by atoms with Crippen molar-refractivity contribution in [1.29, 1.82) is 0 Å². The van der Waals surface area contributed by atoms with Gasteiger partial charge in [0.05, 0.1) is 31.7 Å². The van der Waals surface area contributed by atoms with Crippen molar-refractivity contribution in [2.24, 2.45) is 5.92 Å². The number of carboxylic acid groups (broad SMARTS) is 1. The van der Waals surface area contributed by atoms with Gasteiger partial charge in [-0.05, 0) is 55.8 Å². The molecule has 30 heavy (non-hydrogen) atoms. The number of hydrogen-bond acceptors (Lipinski definition) is 5. The third-order valence-corrected chi connectivity index (χ3v) is 5.91. The fourth-order valence-corrected chi connectivity index (χ4v) is 4.27. The molecule has 0 bridgehead atoms. The molecule has 2 aromatic carbocycles. The van der Waals surface area contributed by atoms with Gasteiger partial charge in [0.25, 0.3) is 0 Å². The number of fused-ring (bicyclic) bond motifs is 1. The second-order valence-corrected chi connectivity index (χ2v) is 7.62. The van der Waals surface area contributed by atoms with Gasteiger partial charge in [0, 0.05) is 23.2 Å². The van der Waals surface area contributed by atoms with Gasteiger partial charge in [0.15, 0.2) is 0 Å². The molecule has 1 aliphatic heterocycles. The van der Waals surface area contributed by atoms with E-state index in [-0.39, 0.29) is 12.0 Å². The van der Waals surface area contributed by atoms with Crippen molar-refractivity contribution in [2.45, 2.75) is 18.9 Å². The summed E-state index contributed by atoms with van der Waals surface area (Å²) in [6.45, 7) is 1.40. The molecule has 0 spiro atoms. The number of ether oxygens (including phenoxy) is 2. The number of aliphatic carboxylic acids is 1. The number of para-hydroxylation sites is 1. The molecule has 1 N–H and O–H groups in total. The number of rotatable bonds is 6. The van der Waals surface area contributed by atoms with Gasteiger partial charge in [-0.15, -0.1) is 0 Å².